The van der Waals surface area contributed by atoms with Gasteiger partial charge in [-0.1, -0.05) is 66.7 Å². The molecule has 4 atom stereocenters. The first kappa shape index (κ1) is 36.7. The molecule has 1 aliphatic rings. The van der Waals surface area contributed by atoms with Crippen molar-refractivity contribution in [3.05, 3.63) is 154 Å². The molecule has 1 fully saturated rings. The number of ether oxygens (including phenoxy) is 1. The van der Waals surface area contributed by atoms with Crippen molar-refractivity contribution in [1.29, 1.82) is 0 Å². The van der Waals surface area contributed by atoms with Gasteiger partial charge >= 0.3 is 17.9 Å². The lowest BCUT2D eigenvalue weighted by molar-refractivity contribution is -0.0541. The number of hydrogen-bond acceptors (Lipinski definition) is 8. The maximum Gasteiger partial charge on any atom is 0.335 e. The summed E-state index contributed by atoms with van der Waals surface area (Å²) in [5.74, 6) is -3.31. The van der Waals surface area contributed by atoms with Crippen LogP contribution >= 0.6 is 0 Å². The number of nitrogens with zero attached hydrogens (tertiary/aromatic N) is 1. The van der Waals surface area contributed by atoms with E-state index in [1.807, 2.05) is 0 Å². The highest BCUT2D eigenvalue weighted by Crippen LogP contribution is 2.28. The van der Waals surface area contributed by atoms with E-state index >= 15 is 0 Å². The van der Waals surface area contributed by atoms with Crippen LogP contribution in [0.5, 0.6) is 0 Å². The molecule has 0 spiro atoms. The molecule has 4 aromatic carbocycles. The lowest BCUT2D eigenvalue weighted by Crippen LogP contribution is -2.35. The second-order valence-electron chi connectivity index (χ2n) is 9.97. The van der Waals surface area contributed by atoms with Crippen molar-refractivity contribution in [3.63, 3.8) is 0 Å². The summed E-state index contributed by atoms with van der Waals surface area (Å²) in [5.41, 5.74) is 0.327. The minimum absolute atomic E-state index is 0.113. The van der Waals surface area contributed by atoms with Crippen LogP contribution < -0.4 is 5.56 Å². The SMILES string of the molecule is O=C(O)c1ccccc1.O=C(O)c1ccccc1.O=C(O)c1ccccc1.O=c1c2c(F)cccc2ccn1[C@@H]1O[C@H](CO)[C@@H](O)[C@H]1O. The fraction of sp³-hybridized carbons (Fsp3) is 0.143. The van der Waals surface area contributed by atoms with Crippen molar-refractivity contribution < 1.29 is 54.2 Å². The maximum atomic E-state index is 13.8. The number of aliphatic hydroxyl groups is 3. The molecule has 0 unspecified atom stereocenters. The third-order valence-corrected chi connectivity index (χ3v) is 6.76. The lowest BCUT2D eigenvalue weighted by Gasteiger charge is -2.18. The van der Waals surface area contributed by atoms with Crippen molar-refractivity contribution in [1.82, 2.24) is 4.57 Å². The number of benzene rings is 4. The summed E-state index contributed by atoms with van der Waals surface area (Å²) in [6, 6.07) is 30.7. The van der Waals surface area contributed by atoms with Gasteiger partial charge in [0.2, 0.25) is 0 Å². The number of rotatable bonds is 5. The Labute approximate surface area is 272 Å². The molecule has 0 bridgehead atoms. The van der Waals surface area contributed by atoms with Crippen molar-refractivity contribution >= 4 is 28.7 Å². The first-order valence-electron chi connectivity index (χ1n) is 14.2. The van der Waals surface area contributed by atoms with E-state index in [9.17, 15) is 33.8 Å². The topological polar surface area (TPSA) is 204 Å². The van der Waals surface area contributed by atoms with E-state index in [1.54, 1.807) is 97.1 Å². The number of halogens is 1. The molecule has 2 heterocycles. The van der Waals surface area contributed by atoms with E-state index in [2.05, 4.69) is 0 Å². The highest BCUT2D eigenvalue weighted by molar-refractivity contribution is 5.88. The molecule has 12 nitrogen and oxygen atoms in total. The molecular weight excluding hydrogens is 629 g/mol. The Balaban J connectivity index is 0.000000193. The average molecular weight is 662 g/mol. The van der Waals surface area contributed by atoms with Gasteiger partial charge in [-0.05, 0) is 53.9 Å². The summed E-state index contributed by atoms with van der Waals surface area (Å²) in [6.45, 7) is -0.495. The second-order valence-corrected chi connectivity index (χ2v) is 9.97. The zero-order chi connectivity index (χ0) is 35.2. The van der Waals surface area contributed by atoms with Gasteiger partial charge in [-0.15, -0.1) is 0 Å². The molecule has 0 radical (unpaired) electrons. The van der Waals surface area contributed by atoms with Crippen LogP contribution in [0.2, 0.25) is 0 Å². The van der Waals surface area contributed by atoms with Crippen LogP contribution in [0, 0.1) is 5.82 Å². The molecule has 0 saturated carbocycles. The number of carboxylic acids is 3. The van der Waals surface area contributed by atoms with Gasteiger partial charge in [0.05, 0.1) is 28.7 Å². The van der Waals surface area contributed by atoms with E-state index in [4.69, 9.17) is 25.2 Å². The van der Waals surface area contributed by atoms with Gasteiger partial charge in [-0.3, -0.25) is 9.36 Å². The van der Waals surface area contributed by atoms with Gasteiger partial charge in [0, 0.05) is 6.20 Å². The highest BCUT2D eigenvalue weighted by Gasteiger charge is 2.43. The largest absolute Gasteiger partial charge is 0.478 e. The molecular formula is C35H32FNO11. The Bertz CT molecular complexity index is 1730. The van der Waals surface area contributed by atoms with Crippen LogP contribution in [0.1, 0.15) is 37.3 Å². The fourth-order valence-electron chi connectivity index (χ4n) is 4.32. The molecule has 250 valence electrons. The van der Waals surface area contributed by atoms with E-state index in [0.29, 0.717) is 22.1 Å². The highest BCUT2D eigenvalue weighted by atomic mass is 19.1. The van der Waals surface area contributed by atoms with Gasteiger partial charge in [0.25, 0.3) is 5.56 Å². The van der Waals surface area contributed by atoms with Crippen LogP contribution in [0.3, 0.4) is 0 Å². The second kappa shape index (κ2) is 17.8. The molecule has 1 saturated heterocycles. The number of aliphatic hydroxyl groups excluding tert-OH is 3. The molecule has 6 rings (SSSR count). The van der Waals surface area contributed by atoms with Gasteiger partial charge in [0.1, 0.15) is 24.1 Å². The summed E-state index contributed by atoms with van der Waals surface area (Å²) in [7, 11) is 0. The molecule has 0 amide bonds. The molecule has 5 aromatic rings. The zero-order valence-corrected chi connectivity index (χ0v) is 25.1. The maximum absolute atomic E-state index is 13.8. The quantitative estimate of drug-likeness (QED) is 0.159. The van der Waals surface area contributed by atoms with E-state index < -0.39 is 60.4 Å². The predicted octanol–water partition coefficient (Wildman–Crippen LogP) is 3.91. The summed E-state index contributed by atoms with van der Waals surface area (Å²) >= 11 is 0. The van der Waals surface area contributed by atoms with Crippen LogP contribution in [-0.4, -0.2) is 78.0 Å². The van der Waals surface area contributed by atoms with Crippen molar-refractivity contribution in [2.45, 2.75) is 24.5 Å². The van der Waals surface area contributed by atoms with Crippen LogP contribution in [-0.2, 0) is 4.74 Å². The Morgan fingerprint density at radius 1 is 0.646 bits per heavy atom. The van der Waals surface area contributed by atoms with E-state index in [1.165, 1.54) is 24.4 Å². The molecule has 6 N–H and O–H groups in total. The summed E-state index contributed by atoms with van der Waals surface area (Å²) in [4.78, 5) is 43.0. The summed E-state index contributed by atoms with van der Waals surface area (Å²) in [6.07, 6.45) is -3.50. The van der Waals surface area contributed by atoms with Crippen molar-refractivity contribution in [3.8, 4) is 0 Å². The Morgan fingerprint density at radius 2 is 1.08 bits per heavy atom. The molecule has 1 aliphatic heterocycles. The smallest absolute Gasteiger partial charge is 0.335 e. The number of fused-ring (bicyclic) bond motifs is 1. The van der Waals surface area contributed by atoms with Gasteiger partial charge in [-0.25, -0.2) is 18.8 Å². The Kier molecular flexibility index (Phi) is 13.6. The van der Waals surface area contributed by atoms with E-state index in [0.717, 1.165) is 4.57 Å². The fourth-order valence-corrected chi connectivity index (χ4v) is 4.32. The van der Waals surface area contributed by atoms with Crippen LogP contribution in [0.4, 0.5) is 4.39 Å². The standard InChI is InChI=1S/C14H14FNO5.3C7H6O2/c15-8-3-1-2-7-4-5-16(13(20)10(7)8)14-12(19)11(18)9(6-17)21-14;3*8-7(9)6-4-2-1-3-5-6/h1-5,9,11-12,14,17-19H,6H2;3*1-5H,(H,8,9)/t9-,11-,12-,14-;;;/m1.../s1. The Hall–Kier alpha value is -5.73. The monoisotopic (exact) mass is 661 g/mol. The number of pyridine rings is 1. The number of carboxylic acid groups (broad SMARTS) is 3. The third kappa shape index (κ3) is 9.88. The number of hydrogen-bond donors (Lipinski definition) is 6. The normalized spacial score (nSPS) is 17.8. The minimum Gasteiger partial charge on any atom is -0.478 e. The van der Waals surface area contributed by atoms with E-state index in [-0.39, 0.29) is 5.39 Å². The third-order valence-electron chi connectivity index (χ3n) is 6.76. The molecule has 0 aliphatic carbocycles. The molecule has 13 heteroatoms. The van der Waals surface area contributed by atoms with Crippen LogP contribution in [0.15, 0.2) is 126 Å². The average Bonchev–Trinajstić information content (AvgIpc) is 3.39. The Morgan fingerprint density at radius 3 is 1.44 bits per heavy atom. The van der Waals surface area contributed by atoms with Crippen molar-refractivity contribution in [2.75, 3.05) is 6.61 Å². The predicted molar refractivity (Wildman–Crippen MR) is 171 cm³/mol. The summed E-state index contributed by atoms with van der Waals surface area (Å²) in [5, 5.41) is 54.2. The lowest BCUT2D eigenvalue weighted by atomic mass is 10.1. The number of aromatic carboxylic acids is 3. The first-order chi connectivity index (χ1) is 23.0. The summed E-state index contributed by atoms with van der Waals surface area (Å²) < 4.78 is 20.1. The minimum atomic E-state index is -1.39. The van der Waals surface area contributed by atoms with Gasteiger partial charge < -0.3 is 35.4 Å². The van der Waals surface area contributed by atoms with Gasteiger partial charge in [0.15, 0.2) is 6.23 Å². The van der Waals surface area contributed by atoms with Crippen LogP contribution in [0.25, 0.3) is 10.8 Å². The van der Waals surface area contributed by atoms with Crippen molar-refractivity contribution in [2.24, 2.45) is 0 Å². The zero-order valence-electron chi connectivity index (χ0n) is 25.1. The first-order valence-corrected chi connectivity index (χ1v) is 14.2. The number of carbonyl (C=O) groups is 3. The molecule has 48 heavy (non-hydrogen) atoms. The van der Waals surface area contributed by atoms with Gasteiger partial charge in [-0.2, -0.15) is 0 Å². The number of aromatic nitrogens is 1. The molecule has 1 aromatic heterocycles.